The highest BCUT2D eigenvalue weighted by Crippen LogP contribution is 2.21. The Hall–Kier alpha value is -1.75. The van der Waals surface area contributed by atoms with Crippen LogP contribution in [0.25, 0.3) is 11.0 Å². The zero-order chi connectivity index (χ0) is 10.1. The van der Waals surface area contributed by atoms with Crippen molar-refractivity contribution in [3.8, 4) is 0 Å². The molecule has 0 bridgehead atoms. The lowest BCUT2D eigenvalue weighted by atomic mass is 10.2. The molecule has 2 aromatic rings. The van der Waals surface area contributed by atoms with Crippen molar-refractivity contribution in [3.05, 3.63) is 28.9 Å². The fraction of sp³-hybridized carbons (Fsp3) is 0. The lowest BCUT2D eigenvalue weighted by Gasteiger charge is -1.91. The van der Waals surface area contributed by atoms with E-state index in [4.69, 9.17) is 27.1 Å². The van der Waals surface area contributed by atoms with Gasteiger partial charge in [-0.2, -0.15) is 0 Å². The van der Waals surface area contributed by atoms with Crippen LogP contribution >= 0.6 is 11.6 Å². The second kappa shape index (κ2) is 3.19. The molecule has 1 heterocycles. The second-order valence-corrected chi connectivity index (χ2v) is 3.09. The smallest absolute Gasteiger partial charge is 0.192 e. The van der Waals surface area contributed by atoms with Gasteiger partial charge in [-0.15, -0.1) is 0 Å². The van der Waals surface area contributed by atoms with Crippen LogP contribution < -0.4 is 5.73 Å². The molecule has 0 atom stereocenters. The van der Waals surface area contributed by atoms with Gasteiger partial charge in [0.05, 0.1) is 5.39 Å². The van der Waals surface area contributed by atoms with Crippen LogP contribution in [0.4, 0.5) is 0 Å². The summed E-state index contributed by atoms with van der Waals surface area (Å²) < 4.78 is 4.95. The third-order valence-corrected chi connectivity index (χ3v) is 2.02. The maximum absolute atomic E-state index is 8.48. The molecule has 0 spiro atoms. The molecule has 0 aliphatic heterocycles. The summed E-state index contributed by atoms with van der Waals surface area (Å²) in [6, 6.07) is 4.98. The average Bonchev–Trinajstić information content (AvgIpc) is 2.59. The lowest BCUT2D eigenvalue weighted by molar-refractivity contribution is 0.318. The molecule has 0 aliphatic carbocycles. The van der Waals surface area contributed by atoms with Crippen molar-refractivity contribution in [3.63, 3.8) is 0 Å². The van der Waals surface area contributed by atoms with E-state index >= 15 is 0 Å². The molecule has 0 amide bonds. The minimum absolute atomic E-state index is 0.0916. The summed E-state index contributed by atoms with van der Waals surface area (Å²) in [5, 5.41) is 16.2. The number of nitrogens with zero attached hydrogens (tertiary/aromatic N) is 2. The highest BCUT2D eigenvalue weighted by atomic mass is 35.5. The zero-order valence-corrected chi connectivity index (χ0v) is 7.69. The number of nitrogens with two attached hydrogens (primary N) is 1. The quantitative estimate of drug-likeness (QED) is 0.325. The predicted octanol–water partition coefficient (Wildman–Crippen LogP) is 1.58. The van der Waals surface area contributed by atoms with Crippen molar-refractivity contribution >= 4 is 28.4 Å². The minimum atomic E-state index is -0.0916. The molecule has 0 aliphatic rings. The van der Waals surface area contributed by atoms with E-state index in [-0.39, 0.29) is 5.84 Å². The Morgan fingerprint density at radius 1 is 1.57 bits per heavy atom. The molecular weight excluding hydrogens is 206 g/mol. The molecule has 0 saturated heterocycles. The van der Waals surface area contributed by atoms with Crippen molar-refractivity contribution in [2.24, 2.45) is 10.9 Å². The molecule has 1 aromatic heterocycles. The fourth-order valence-corrected chi connectivity index (χ4v) is 1.31. The van der Waals surface area contributed by atoms with Crippen molar-refractivity contribution in [1.29, 1.82) is 0 Å². The van der Waals surface area contributed by atoms with Gasteiger partial charge in [0.1, 0.15) is 0 Å². The van der Waals surface area contributed by atoms with E-state index in [9.17, 15) is 0 Å². The van der Waals surface area contributed by atoms with Gasteiger partial charge in [0.25, 0.3) is 0 Å². The van der Waals surface area contributed by atoms with Crippen LogP contribution in [-0.4, -0.2) is 16.2 Å². The van der Waals surface area contributed by atoms with E-state index < -0.39 is 0 Å². The Kier molecular flexibility index (Phi) is 2.01. The Morgan fingerprint density at radius 2 is 2.36 bits per heavy atom. The predicted molar refractivity (Wildman–Crippen MR) is 51.5 cm³/mol. The molecule has 6 heteroatoms. The number of fused-ring (bicyclic) bond motifs is 1. The minimum Gasteiger partial charge on any atom is -0.409 e. The first-order chi connectivity index (χ1) is 6.72. The Labute approximate surface area is 83.7 Å². The van der Waals surface area contributed by atoms with Crippen LogP contribution in [0.5, 0.6) is 0 Å². The van der Waals surface area contributed by atoms with Gasteiger partial charge in [0, 0.05) is 11.1 Å². The molecule has 72 valence electrons. The largest absolute Gasteiger partial charge is 0.409 e. The topological polar surface area (TPSA) is 84.6 Å². The summed E-state index contributed by atoms with van der Waals surface area (Å²) in [6.07, 6.45) is 0. The number of oxime groups is 1. The number of hydrogen-bond acceptors (Lipinski definition) is 4. The van der Waals surface area contributed by atoms with E-state index in [0.29, 0.717) is 21.7 Å². The summed E-state index contributed by atoms with van der Waals surface area (Å²) in [4.78, 5) is 0. The van der Waals surface area contributed by atoms with E-state index in [1.165, 1.54) is 0 Å². The van der Waals surface area contributed by atoms with Crippen LogP contribution in [0.3, 0.4) is 0 Å². The van der Waals surface area contributed by atoms with Gasteiger partial charge in [-0.05, 0) is 12.1 Å². The number of aromatic nitrogens is 1. The number of rotatable bonds is 1. The number of halogens is 1. The highest BCUT2D eigenvalue weighted by molar-refractivity contribution is 6.31. The number of amidine groups is 1. The molecule has 2 rings (SSSR count). The summed E-state index contributed by atoms with van der Waals surface area (Å²) in [7, 11) is 0. The first-order valence-electron chi connectivity index (χ1n) is 3.75. The second-order valence-electron chi connectivity index (χ2n) is 2.66. The first-order valence-corrected chi connectivity index (χ1v) is 4.13. The summed E-state index contributed by atoms with van der Waals surface area (Å²) in [5.41, 5.74) is 6.19. The van der Waals surface area contributed by atoms with Crippen LogP contribution in [0.2, 0.25) is 5.02 Å². The Morgan fingerprint density at radius 3 is 3.07 bits per heavy atom. The van der Waals surface area contributed by atoms with E-state index in [2.05, 4.69) is 10.3 Å². The summed E-state index contributed by atoms with van der Waals surface area (Å²) in [5.74, 6) is -0.0916. The molecule has 0 saturated carbocycles. The average molecular weight is 212 g/mol. The SMILES string of the molecule is N/C(=N/O)c1noc2cc(Cl)ccc12. The van der Waals surface area contributed by atoms with Gasteiger partial charge >= 0.3 is 0 Å². The Bertz CT molecular complexity index is 506. The van der Waals surface area contributed by atoms with Gasteiger partial charge in [0.2, 0.25) is 0 Å². The van der Waals surface area contributed by atoms with Crippen LogP contribution in [0.15, 0.2) is 27.9 Å². The van der Waals surface area contributed by atoms with Crippen LogP contribution in [0, 0.1) is 0 Å². The zero-order valence-electron chi connectivity index (χ0n) is 6.94. The van der Waals surface area contributed by atoms with E-state index in [1.807, 2.05) is 0 Å². The molecule has 5 nitrogen and oxygen atoms in total. The van der Waals surface area contributed by atoms with Crippen LogP contribution in [0.1, 0.15) is 5.69 Å². The molecule has 1 aromatic carbocycles. The van der Waals surface area contributed by atoms with E-state index in [0.717, 1.165) is 0 Å². The number of hydrogen-bond donors (Lipinski definition) is 2. The van der Waals surface area contributed by atoms with Crippen molar-refractivity contribution in [2.75, 3.05) is 0 Å². The number of benzene rings is 1. The van der Waals surface area contributed by atoms with Gasteiger partial charge in [-0.1, -0.05) is 21.9 Å². The maximum atomic E-state index is 8.48. The highest BCUT2D eigenvalue weighted by Gasteiger charge is 2.11. The third-order valence-electron chi connectivity index (χ3n) is 1.78. The molecule has 0 radical (unpaired) electrons. The van der Waals surface area contributed by atoms with E-state index in [1.54, 1.807) is 18.2 Å². The maximum Gasteiger partial charge on any atom is 0.192 e. The molecule has 0 unspecified atom stereocenters. The standard InChI is InChI=1S/C8H6ClN3O2/c9-4-1-2-5-6(3-4)14-12-7(5)8(10)11-13/h1-3,13H,(H2,10,11). The monoisotopic (exact) mass is 211 g/mol. The van der Waals surface area contributed by atoms with Crippen LogP contribution in [-0.2, 0) is 0 Å². The van der Waals surface area contributed by atoms with Crippen molar-refractivity contribution in [1.82, 2.24) is 5.16 Å². The molecular formula is C8H6ClN3O2. The van der Waals surface area contributed by atoms with Gasteiger partial charge < -0.3 is 15.5 Å². The summed E-state index contributed by atoms with van der Waals surface area (Å²) in [6.45, 7) is 0. The Balaban J connectivity index is 2.70. The molecule has 3 N–H and O–H groups in total. The lowest BCUT2D eigenvalue weighted by Crippen LogP contribution is -2.13. The van der Waals surface area contributed by atoms with Crippen molar-refractivity contribution in [2.45, 2.75) is 0 Å². The fourth-order valence-electron chi connectivity index (χ4n) is 1.14. The van der Waals surface area contributed by atoms with Gasteiger partial charge in [0.15, 0.2) is 17.1 Å². The molecule has 0 fully saturated rings. The van der Waals surface area contributed by atoms with Crippen molar-refractivity contribution < 1.29 is 9.73 Å². The van der Waals surface area contributed by atoms with Gasteiger partial charge in [-0.25, -0.2) is 0 Å². The third kappa shape index (κ3) is 1.27. The molecule has 14 heavy (non-hydrogen) atoms. The normalized spacial score (nSPS) is 12.2. The summed E-state index contributed by atoms with van der Waals surface area (Å²) >= 11 is 5.74. The van der Waals surface area contributed by atoms with Gasteiger partial charge in [-0.3, -0.25) is 0 Å². The first kappa shape index (κ1) is 8.83.